The fourth-order valence-electron chi connectivity index (χ4n) is 8.32. The van der Waals surface area contributed by atoms with Gasteiger partial charge in [-0.1, -0.05) is 55.8 Å². The Morgan fingerprint density at radius 2 is 1.33 bits per heavy atom. The smallest absolute Gasteiger partial charge is 0.496 e. The van der Waals surface area contributed by atoms with E-state index in [1.807, 2.05) is 6.07 Å². The van der Waals surface area contributed by atoms with Crippen molar-refractivity contribution in [3.63, 3.8) is 0 Å². The van der Waals surface area contributed by atoms with Crippen LogP contribution in [0.3, 0.4) is 0 Å². The molecule has 2 fully saturated rings. The van der Waals surface area contributed by atoms with Crippen LogP contribution in [-0.4, -0.2) is 51.7 Å². The molecule has 57 heavy (non-hydrogen) atoms. The molecule has 0 spiro atoms. The van der Waals surface area contributed by atoms with Crippen molar-refractivity contribution in [2.45, 2.75) is 83.8 Å². The molecule has 0 unspecified atom stereocenters. The van der Waals surface area contributed by atoms with Crippen molar-refractivity contribution in [1.82, 2.24) is 4.90 Å². The lowest BCUT2D eigenvalue weighted by molar-refractivity contribution is -0.274. The third-order valence-corrected chi connectivity index (χ3v) is 11.4. The first-order valence-corrected chi connectivity index (χ1v) is 20.0. The summed E-state index contributed by atoms with van der Waals surface area (Å²) in [5.41, 5.74) is 11.4. The predicted molar refractivity (Wildman–Crippen MR) is 222 cm³/mol. The van der Waals surface area contributed by atoms with Crippen molar-refractivity contribution in [2.75, 3.05) is 39.3 Å². The van der Waals surface area contributed by atoms with Gasteiger partial charge in [-0.25, -0.2) is 0 Å². The summed E-state index contributed by atoms with van der Waals surface area (Å²) < 4.78 is 60.7. The molecule has 0 aromatic heterocycles. The van der Waals surface area contributed by atoms with Gasteiger partial charge in [0.25, 0.3) is 0 Å². The molecule has 1 saturated carbocycles. The zero-order valence-corrected chi connectivity index (χ0v) is 33.6. The number of piperidine rings is 1. The number of hydrogen-bond donors (Lipinski definition) is 0. The largest absolute Gasteiger partial charge is 0.573 e. The van der Waals surface area contributed by atoms with Crippen LogP contribution in [0.2, 0.25) is 0 Å². The standard InChI is InChI=1S/C48H53F3N2O4/c1-6-9-36-26-39(28-45(54-3)32(36)2)37-12-7-10-33(24-37)30-52-22-20-42(21-23-52)53(41-16-18-43(19-17-41)57-48(49,50)51)31-34-11-8-13-38(25-34)40-27-44(35-14-15-35)47(56-5)46(29-40)55-4/h7-8,10-13,16-19,24-29,35,42H,6,9,14-15,20-23,30-31H2,1-5H3. The van der Waals surface area contributed by atoms with Gasteiger partial charge in [0, 0.05) is 43.5 Å². The molecule has 9 heteroatoms. The van der Waals surface area contributed by atoms with E-state index in [2.05, 4.69) is 95.1 Å². The summed E-state index contributed by atoms with van der Waals surface area (Å²) in [4.78, 5) is 4.85. The minimum absolute atomic E-state index is 0.185. The fraction of sp³-hybridized carbons (Fsp3) is 0.375. The van der Waals surface area contributed by atoms with E-state index in [0.29, 0.717) is 12.5 Å². The highest BCUT2D eigenvalue weighted by Crippen LogP contribution is 2.49. The zero-order valence-electron chi connectivity index (χ0n) is 33.6. The van der Waals surface area contributed by atoms with Gasteiger partial charge in [-0.2, -0.15) is 0 Å². The highest BCUT2D eigenvalue weighted by atomic mass is 19.4. The Hall–Kier alpha value is -5.15. The normalized spacial score (nSPS) is 15.0. The molecule has 0 amide bonds. The summed E-state index contributed by atoms with van der Waals surface area (Å²) in [7, 11) is 5.10. The van der Waals surface area contributed by atoms with Gasteiger partial charge in [-0.15, -0.1) is 13.2 Å². The molecule has 1 aliphatic heterocycles. The number of benzene rings is 5. The average molecular weight is 779 g/mol. The van der Waals surface area contributed by atoms with Crippen molar-refractivity contribution in [1.29, 1.82) is 0 Å². The van der Waals surface area contributed by atoms with Gasteiger partial charge in [0.05, 0.1) is 21.3 Å². The van der Waals surface area contributed by atoms with Crippen LogP contribution in [0.4, 0.5) is 18.9 Å². The Morgan fingerprint density at radius 3 is 1.95 bits per heavy atom. The minimum atomic E-state index is -4.75. The SMILES string of the molecule is CCCc1cc(-c2cccc(CN3CCC(N(Cc4cccc(-c5cc(OC)c(OC)c(C6CC6)c5)c4)c4ccc(OC(F)(F)F)cc4)CC3)c2)cc(OC)c1C. The van der Waals surface area contributed by atoms with Crippen LogP contribution in [0.1, 0.15) is 72.8 Å². The van der Waals surface area contributed by atoms with Gasteiger partial charge >= 0.3 is 6.36 Å². The minimum Gasteiger partial charge on any atom is -0.496 e. The molecule has 5 aromatic carbocycles. The second-order valence-electron chi connectivity index (χ2n) is 15.4. The summed E-state index contributed by atoms with van der Waals surface area (Å²) >= 11 is 0. The number of hydrogen-bond acceptors (Lipinski definition) is 6. The number of halogens is 3. The molecule has 1 saturated heterocycles. The summed E-state index contributed by atoms with van der Waals surface area (Å²) in [5, 5.41) is 0. The van der Waals surface area contributed by atoms with Gasteiger partial charge in [0.15, 0.2) is 11.5 Å². The zero-order chi connectivity index (χ0) is 40.1. The first-order valence-electron chi connectivity index (χ1n) is 20.0. The van der Waals surface area contributed by atoms with Crippen LogP contribution in [0.5, 0.6) is 23.0 Å². The third-order valence-electron chi connectivity index (χ3n) is 11.4. The summed E-state index contributed by atoms with van der Waals surface area (Å²) in [6.07, 6.45) is 1.44. The number of methoxy groups -OCH3 is 3. The van der Waals surface area contributed by atoms with Gasteiger partial charge in [-0.05, 0) is 144 Å². The Labute approximate surface area is 335 Å². The van der Waals surface area contributed by atoms with Crippen molar-refractivity contribution >= 4 is 5.69 Å². The fourth-order valence-corrected chi connectivity index (χ4v) is 8.32. The monoisotopic (exact) mass is 778 g/mol. The molecular formula is C48H53F3N2O4. The van der Waals surface area contributed by atoms with Crippen LogP contribution in [0, 0.1) is 6.92 Å². The quantitative estimate of drug-likeness (QED) is 0.105. The van der Waals surface area contributed by atoms with E-state index in [1.165, 1.54) is 45.5 Å². The predicted octanol–water partition coefficient (Wildman–Crippen LogP) is 11.8. The maximum absolute atomic E-state index is 13.1. The molecule has 7 rings (SSSR count). The molecule has 0 N–H and O–H groups in total. The van der Waals surface area contributed by atoms with E-state index in [9.17, 15) is 13.2 Å². The first-order chi connectivity index (χ1) is 27.5. The van der Waals surface area contributed by atoms with Crippen LogP contribution in [-0.2, 0) is 19.5 Å². The van der Waals surface area contributed by atoms with E-state index in [-0.39, 0.29) is 11.8 Å². The summed E-state index contributed by atoms with van der Waals surface area (Å²) in [5.74, 6) is 2.69. The van der Waals surface area contributed by atoms with Gasteiger partial charge in [-0.3, -0.25) is 4.90 Å². The maximum Gasteiger partial charge on any atom is 0.573 e. The van der Waals surface area contributed by atoms with Crippen molar-refractivity contribution in [3.8, 4) is 45.3 Å². The molecule has 1 aliphatic carbocycles. The molecule has 300 valence electrons. The Bertz CT molecular complexity index is 2140. The second kappa shape index (κ2) is 17.6. The number of ether oxygens (including phenoxy) is 4. The van der Waals surface area contributed by atoms with Crippen LogP contribution in [0.25, 0.3) is 22.3 Å². The number of alkyl halides is 3. The number of nitrogens with zero attached hydrogens (tertiary/aromatic N) is 2. The van der Waals surface area contributed by atoms with E-state index in [0.717, 1.165) is 97.8 Å². The Morgan fingerprint density at radius 1 is 0.702 bits per heavy atom. The van der Waals surface area contributed by atoms with E-state index >= 15 is 0 Å². The average Bonchev–Trinajstić information content (AvgIpc) is 4.07. The molecule has 1 heterocycles. The van der Waals surface area contributed by atoms with Gasteiger partial charge in [0.1, 0.15) is 11.5 Å². The highest BCUT2D eigenvalue weighted by molar-refractivity contribution is 5.71. The molecule has 0 atom stereocenters. The van der Waals surface area contributed by atoms with Crippen LogP contribution >= 0.6 is 0 Å². The van der Waals surface area contributed by atoms with E-state index in [4.69, 9.17) is 14.2 Å². The topological polar surface area (TPSA) is 43.4 Å². The molecule has 6 nitrogen and oxygen atoms in total. The highest BCUT2D eigenvalue weighted by Gasteiger charge is 2.32. The lowest BCUT2D eigenvalue weighted by Gasteiger charge is -2.40. The van der Waals surface area contributed by atoms with E-state index < -0.39 is 6.36 Å². The lowest BCUT2D eigenvalue weighted by Crippen LogP contribution is -2.44. The van der Waals surface area contributed by atoms with Crippen molar-refractivity contribution in [3.05, 3.63) is 125 Å². The summed E-state index contributed by atoms with van der Waals surface area (Å²) in [6, 6.07) is 32.5. The van der Waals surface area contributed by atoms with Gasteiger partial charge < -0.3 is 23.8 Å². The van der Waals surface area contributed by atoms with Crippen LogP contribution in [0.15, 0.2) is 97.1 Å². The molecular weight excluding hydrogens is 726 g/mol. The van der Waals surface area contributed by atoms with Crippen LogP contribution < -0.4 is 23.8 Å². The molecule has 0 radical (unpaired) electrons. The molecule has 2 aliphatic rings. The lowest BCUT2D eigenvalue weighted by atomic mass is 9.95. The number of aryl methyl sites for hydroxylation is 1. The molecule has 5 aromatic rings. The number of rotatable bonds is 15. The van der Waals surface area contributed by atoms with Crippen molar-refractivity contribution in [2.24, 2.45) is 0 Å². The Balaban J connectivity index is 1.10. The molecule has 0 bridgehead atoms. The Kier molecular flexibility index (Phi) is 12.3. The second-order valence-corrected chi connectivity index (χ2v) is 15.4. The number of likely N-dealkylation sites (tertiary alicyclic amines) is 1. The number of anilines is 1. The maximum atomic E-state index is 13.1. The van der Waals surface area contributed by atoms with E-state index in [1.54, 1.807) is 33.5 Å². The summed E-state index contributed by atoms with van der Waals surface area (Å²) in [6.45, 7) is 7.57. The third kappa shape index (κ3) is 9.70. The van der Waals surface area contributed by atoms with Gasteiger partial charge in [0.2, 0.25) is 0 Å². The van der Waals surface area contributed by atoms with Crippen molar-refractivity contribution < 1.29 is 32.1 Å². The first kappa shape index (κ1) is 40.1.